The predicted octanol–water partition coefficient (Wildman–Crippen LogP) is 1.41. The summed E-state index contributed by atoms with van der Waals surface area (Å²) in [5.41, 5.74) is 0.367. The number of hydrogen-bond donors (Lipinski definition) is 1. The van der Waals surface area contributed by atoms with Crippen molar-refractivity contribution in [3.05, 3.63) is 53.9 Å². The van der Waals surface area contributed by atoms with Gasteiger partial charge in [-0.2, -0.15) is 0 Å². The van der Waals surface area contributed by atoms with Gasteiger partial charge in [0.2, 0.25) is 5.91 Å². The summed E-state index contributed by atoms with van der Waals surface area (Å²) in [4.78, 5) is 15.9. The van der Waals surface area contributed by atoms with Crippen LogP contribution >= 0.6 is 0 Å². The number of ether oxygens (including phenoxy) is 1. The molecule has 1 heterocycles. The largest absolute Gasteiger partial charge is 0.375 e. The number of nitrogens with zero attached hydrogens (tertiary/aromatic N) is 2. The lowest BCUT2D eigenvalue weighted by Crippen LogP contribution is -2.34. The van der Waals surface area contributed by atoms with Crippen molar-refractivity contribution in [1.29, 1.82) is 0 Å². The van der Waals surface area contributed by atoms with Crippen LogP contribution in [0.15, 0.2) is 36.7 Å². The van der Waals surface area contributed by atoms with Crippen LogP contribution in [0.25, 0.3) is 0 Å². The fourth-order valence-electron chi connectivity index (χ4n) is 1.98. The molecular formula is C14H16FN3O2. The van der Waals surface area contributed by atoms with Crippen LogP contribution < -0.4 is 5.32 Å². The van der Waals surface area contributed by atoms with Crippen LogP contribution in [0.3, 0.4) is 0 Å². The van der Waals surface area contributed by atoms with E-state index in [0.29, 0.717) is 11.4 Å². The lowest BCUT2D eigenvalue weighted by molar-refractivity contribution is -0.125. The zero-order chi connectivity index (χ0) is 14.5. The highest BCUT2D eigenvalue weighted by molar-refractivity contribution is 5.78. The lowest BCUT2D eigenvalue weighted by atomic mass is 10.1. The summed E-state index contributed by atoms with van der Waals surface area (Å²) < 4.78 is 20.5. The number of benzene rings is 1. The molecule has 1 N–H and O–H groups in total. The van der Waals surface area contributed by atoms with Crippen molar-refractivity contribution in [1.82, 2.24) is 14.9 Å². The normalized spacial score (nSPS) is 12.2. The van der Waals surface area contributed by atoms with Gasteiger partial charge >= 0.3 is 0 Å². The van der Waals surface area contributed by atoms with Crippen LogP contribution in [-0.2, 0) is 16.6 Å². The summed E-state index contributed by atoms with van der Waals surface area (Å²) in [6.07, 6.45) is 3.34. The molecule has 0 unspecified atom stereocenters. The molecule has 0 fully saturated rings. The van der Waals surface area contributed by atoms with E-state index < -0.39 is 11.9 Å². The Morgan fingerprint density at radius 3 is 2.85 bits per heavy atom. The van der Waals surface area contributed by atoms with E-state index in [-0.39, 0.29) is 12.5 Å². The predicted molar refractivity (Wildman–Crippen MR) is 71.5 cm³/mol. The Kier molecular flexibility index (Phi) is 4.47. The molecule has 0 aliphatic rings. The second kappa shape index (κ2) is 6.29. The first-order chi connectivity index (χ1) is 9.63. The third-order valence-electron chi connectivity index (χ3n) is 2.91. The van der Waals surface area contributed by atoms with Crippen molar-refractivity contribution in [2.45, 2.75) is 6.04 Å². The zero-order valence-electron chi connectivity index (χ0n) is 11.3. The molecule has 2 rings (SSSR count). The first kappa shape index (κ1) is 14.2. The van der Waals surface area contributed by atoms with Gasteiger partial charge in [-0.3, -0.25) is 4.79 Å². The highest BCUT2D eigenvalue weighted by Crippen LogP contribution is 2.22. The van der Waals surface area contributed by atoms with Gasteiger partial charge in [0.25, 0.3) is 0 Å². The molecule has 6 heteroatoms. The van der Waals surface area contributed by atoms with Crippen LogP contribution in [0.4, 0.5) is 4.39 Å². The number of aryl methyl sites for hydroxylation is 1. The molecule has 0 bridgehead atoms. The van der Waals surface area contributed by atoms with Crippen molar-refractivity contribution in [2.75, 3.05) is 13.7 Å². The Balaban J connectivity index is 2.37. The van der Waals surface area contributed by atoms with E-state index in [9.17, 15) is 9.18 Å². The minimum Gasteiger partial charge on any atom is -0.375 e. The molecule has 1 aromatic heterocycles. The monoisotopic (exact) mass is 277 g/mol. The third kappa shape index (κ3) is 3.03. The van der Waals surface area contributed by atoms with Gasteiger partial charge in [0.05, 0.1) is 0 Å². The first-order valence-electron chi connectivity index (χ1n) is 6.13. The number of hydrogen-bond acceptors (Lipinski definition) is 3. The van der Waals surface area contributed by atoms with Gasteiger partial charge in [0, 0.05) is 32.1 Å². The molecule has 0 aliphatic heterocycles. The van der Waals surface area contributed by atoms with E-state index in [4.69, 9.17) is 4.74 Å². The number of amides is 1. The van der Waals surface area contributed by atoms with Crippen LogP contribution in [0.5, 0.6) is 0 Å². The Morgan fingerprint density at radius 1 is 1.50 bits per heavy atom. The average Bonchev–Trinajstić information content (AvgIpc) is 2.83. The van der Waals surface area contributed by atoms with Gasteiger partial charge in [-0.15, -0.1) is 0 Å². The fourth-order valence-corrected chi connectivity index (χ4v) is 1.98. The molecule has 0 saturated heterocycles. The summed E-state index contributed by atoms with van der Waals surface area (Å²) in [7, 11) is 3.22. The third-order valence-corrected chi connectivity index (χ3v) is 2.91. The number of aromatic nitrogens is 2. The SMILES string of the molecule is COCC(=O)N[C@@H](c1ccccc1F)c1nccn1C. The minimum absolute atomic E-state index is 0.0879. The van der Waals surface area contributed by atoms with Crippen molar-refractivity contribution in [2.24, 2.45) is 7.05 Å². The van der Waals surface area contributed by atoms with Gasteiger partial charge in [-0.05, 0) is 6.07 Å². The number of methoxy groups -OCH3 is 1. The summed E-state index contributed by atoms with van der Waals surface area (Å²) in [6, 6.07) is 5.65. The second-order valence-electron chi connectivity index (χ2n) is 4.35. The van der Waals surface area contributed by atoms with Crippen LogP contribution in [-0.4, -0.2) is 29.2 Å². The quantitative estimate of drug-likeness (QED) is 0.899. The molecule has 0 spiro atoms. The molecule has 0 radical (unpaired) electrons. The van der Waals surface area contributed by atoms with Gasteiger partial charge in [0.1, 0.15) is 24.3 Å². The smallest absolute Gasteiger partial charge is 0.246 e. The lowest BCUT2D eigenvalue weighted by Gasteiger charge is -2.19. The maximum atomic E-state index is 14.0. The molecule has 2 aromatic rings. The molecule has 20 heavy (non-hydrogen) atoms. The number of carbonyl (C=O) groups is 1. The van der Waals surface area contributed by atoms with Crippen molar-refractivity contribution in [3.8, 4) is 0 Å². The molecule has 106 valence electrons. The number of imidazole rings is 1. The highest BCUT2D eigenvalue weighted by atomic mass is 19.1. The van der Waals surface area contributed by atoms with Gasteiger partial charge in [0.15, 0.2) is 0 Å². The highest BCUT2D eigenvalue weighted by Gasteiger charge is 2.23. The standard InChI is InChI=1S/C14H16FN3O2/c1-18-8-7-16-14(18)13(17-12(19)9-20-2)10-5-3-4-6-11(10)15/h3-8,13H,9H2,1-2H3,(H,17,19)/t13-/m0/s1. The number of nitrogens with one attached hydrogen (secondary N) is 1. The maximum absolute atomic E-state index is 14.0. The van der Waals surface area contributed by atoms with Crippen LogP contribution in [0, 0.1) is 5.82 Å². The van der Waals surface area contributed by atoms with Crippen molar-refractivity contribution in [3.63, 3.8) is 0 Å². The number of carbonyl (C=O) groups excluding carboxylic acids is 1. The van der Waals surface area contributed by atoms with Crippen LogP contribution in [0.2, 0.25) is 0 Å². The fraction of sp³-hybridized carbons (Fsp3) is 0.286. The first-order valence-corrected chi connectivity index (χ1v) is 6.13. The minimum atomic E-state index is -0.654. The second-order valence-corrected chi connectivity index (χ2v) is 4.35. The number of rotatable bonds is 5. The zero-order valence-corrected chi connectivity index (χ0v) is 11.3. The topological polar surface area (TPSA) is 56.1 Å². The molecular weight excluding hydrogens is 261 g/mol. The van der Waals surface area contributed by atoms with Crippen molar-refractivity contribution < 1.29 is 13.9 Å². The average molecular weight is 277 g/mol. The van der Waals surface area contributed by atoms with E-state index in [2.05, 4.69) is 10.3 Å². The Hall–Kier alpha value is -2.21. The summed E-state index contributed by atoms with van der Waals surface area (Å²) in [5, 5.41) is 2.73. The maximum Gasteiger partial charge on any atom is 0.246 e. The Morgan fingerprint density at radius 2 is 2.25 bits per heavy atom. The van der Waals surface area contributed by atoms with Gasteiger partial charge in [-0.25, -0.2) is 9.37 Å². The molecule has 1 aromatic carbocycles. The summed E-state index contributed by atoms with van der Waals surface area (Å²) >= 11 is 0. The van der Waals surface area contributed by atoms with Crippen LogP contribution in [0.1, 0.15) is 17.4 Å². The van der Waals surface area contributed by atoms with Gasteiger partial charge < -0.3 is 14.6 Å². The summed E-state index contributed by atoms with van der Waals surface area (Å²) in [6.45, 7) is -0.0879. The number of halogens is 1. The Bertz CT molecular complexity index is 598. The van der Waals surface area contributed by atoms with E-state index in [1.54, 1.807) is 42.2 Å². The molecule has 1 atom stereocenters. The van der Waals surface area contributed by atoms with E-state index in [1.807, 2.05) is 0 Å². The van der Waals surface area contributed by atoms with E-state index >= 15 is 0 Å². The van der Waals surface area contributed by atoms with Crippen molar-refractivity contribution >= 4 is 5.91 Å². The summed E-state index contributed by atoms with van der Waals surface area (Å²) in [5.74, 6) is -0.165. The van der Waals surface area contributed by atoms with E-state index in [0.717, 1.165) is 0 Å². The van der Waals surface area contributed by atoms with E-state index in [1.165, 1.54) is 13.2 Å². The molecule has 1 amide bonds. The molecule has 0 aliphatic carbocycles. The van der Waals surface area contributed by atoms with Gasteiger partial charge in [-0.1, -0.05) is 18.2 Å². The molecule has 0 saturated carbocycles. The Labute approximate surface area is 116 Å². The molecule has 5 nitrogen and oxygen atoms in total.